The van der Waals surface area contributed by atoms with Gasteiger partial charge in [-0.1, -0.05) is 19.1 Å². The number of carbonyl (C=O) groups is 1. The van der Waals surface area contributed by atoms with E-state index in [-0.39, 0.29) is 18.6 Å². The van der Waals surface area contributed by atoms with Crippen LogP contribution in [-0.4, -0.2) is 17.7 Å². The van der Waals surface area contributed by atoms with Crippen molar-refractivity contribution in [2.45, 2.75) is 25.9 Å². The summed E-state index contributed by atoms with van der Waals surface area (Å²) in [5.41, 5.74) is -0.238. The molecule has 1 aromatic rings. The van der Waals surface area contributed by atoms with E-state index in [1.807, 2.05) is 6.92 Å². The summed E-state index contributed by atoms with van der Waals surface area (Å²) in [5.74, 6) is -2.82. The molecule has 0 radical (unpaired) electrons. The van der Waals surface area contributed by atoms with Gasteiger partial charge >= 0.3 is 5.97 Å². The summed E-state index contributed by atoms with van der Waals surface area (Å²) < 4.78 is 30.9. The predicted octanol–water partition coefficient (Wildman–Crippen LogP) is 2.34. The Balaban J connectivity index is 2.66. The fourth-order valence-corrected chi connectivity index (χ4v) is 1.32. The van der Waals surface area contributed by atoms with E-state index in [1.54, 1.807) is 0 Å². The van der Waals surface area contributed by atoms with Crippen LogP contribution in [0.2, 0.25) is 0 Å². The van der Waals surface area contributed by atoms with Crippen LogP contribution in [0.5, 0.6) is 0 Å². The Hall–Kier alpha value is -1.49. The first-order valence-corrected chi connectivity index (χ1v) is 5.33. The molecule has 3 nitrogen and oxygen atoms in total. The molecule has 1 N–H and O–H groups in total. The quantitative estimate of drug-likeness (QED) is 0.809. The van der Waals surface area contributed by atoms with E-state index in [9.17, 15) is 18.7 Å². The Bertz CT molecular complexity index is 393. The molecule has 0 bridgehead atoms. The molecule has 1 unspecified atom stereocenters. The van der Waals surface area contributed by atoms with E-state index in [2.05, 4.69) is 0 Å². The first kappa shape index (κ1) is 13.6. The lowest BCUT2D eigenvalue weighted by Crippen LogP contribution is -2.12. The fourth-order valence-electron chi connectivity index (χ4n) is 1.32. The van der Waals surface area contributed by atoms with E-state index < -0.39 is 23.7 Å². The molecule has 0 saturated heterocycles. The highest BCUT2D eigenvalue weighted by molar-refractivity contribution is 5.70. The van der Waals surface area contributed by atoms with Crippen molar-refractivity contribution in [1.82, 2.24) is 0 Å². The molecule has 1 aromatic carbocycles. The van der Waals surface area contributed by atoms with Crippen LogP contribution in [0.15, 0.2) is 18.2 Å². The maximum absolute atomic E-state index is 13.3. The lowest BCUT2D eigenvalue weighted by atomic mass is 10.1. The molecular weight excluding hydrogens is 230 g/mol. The van der Waals surface area contributed by atoms with Crippen molar-refractivity contribution >= 4 is 5.97 Å². The molecule has 0 aromatic heterocycles. The number of carbonyl (C=O) groups excluding carboxylic acids is 1. The number of halogens is 2. The van der Waals surface area contributed by atoms with Gasteiger partial charge in [0.2, 0.25) is 0 Å². The summed E-state index contributed by atoms with van der Waals surface area (Å²) in [6, 6.07) is 3.45. The molecule has 0 saturated carbocycles. The van der Waals surface area contributed by atoms with E-state index in [0.29, 0.717) is 6.42 Å². The van der Waals surface area contributed by atoms with Gasteiger partial charge in [0.1, 0.15) is 0 Å². The fraction of sp³-hybridized carbons (Fsp3) is 0.417. The number of rotatable bonds is 5. The molecule has 5 heteroatoms. The van der Waals surface area contributed by atoms with Gasteiger partial charge in [-0.05, 0) is 12.5 Å². The molecule has 0 aliphatic carbocycles. The highest BCUT2D eigenvalue weighted by Gasteiger charge is 2.19. The van der Waals surface area contributed by atoms with Crippen LogP contribution >= 0.6 is 0 Å². The predicted molar refractivity (Wildman–Crippen MR) is 57.2 cm³/mol. The monoisotopic (exact) mass is 244 g/mol. The van der Waals surface area contributed by atoms with Gasteiger partial charge < -0.3 is 9.84 Å². The highest BCUT2D eigenvalue weighted by atomic mass is 19.2. The Morgan fingerprint density at radius 3 is 2.82 bits per heavy atom. The third-order valence-corrected chi connectivity index (χ3v) is 2.17. The molecule has 0 aliphatic heterocycles. The zero-order valence-corrected chi connectivity index (χ0v) is 9.45. The van der Waals surface area contributed by atoms with Gasteiger partial charge in [0.25, 0.3) is 0 Å². The molecule has 17 heavy (non-hydrogen) atoms. The van der Waals surface area contributed by atoms with Gasteiger partial charge in [-0.2, -0.15) is 0 Å². The van der Waals surface area contributed by atoms with Crippen molar-refractivity contribution in [3.8, 4) is 0 Å². The summed E-state index contributed by atoms with van der Waals surface area (Å²) in [6.45, 7) is 2.08. The summed E-state index contributed by atoms with van der Waals surface area (Å²) in [7, 11) is 0. The average molecular weight is 244 g/mol. The van der Waals surface area contributed by atoms with Crippen LogP contribution in [-0.2, 0) is 9.53 Å². The second kappa shape index (κ2) is 6.30. The minimum absolute atomic E-state index is 0.238. The second-order valence-electron chi connectivity index (χ2n) is 3.58. The Labute approximate surface area is 98.0 Å². The smallest absolute Gasteiger partial charge is 0.308 e. The van der Waals surface area contributed by atoms with E-state index >= 15 is 0 Å². The third-order valence-electron chi connectivity index (χ3n) is 2.17. The van der Waals surface area contributed by atoms with Crippen LogP contribution in [0.1, 0.15) is 31.4 Å². The van der Waals surface area contributed by atoms with E-state index in [4.69, 9.17) is 4.74 Å². The molecule has 1 atom stereocenters. The van der Waals surface area contributed by atoms with Gasteiger partial charge in [-0.3, -0.25) is 4.79 Å². The first-order chi connectivity index (χ1) is 8.06. The van der Waals surface area contributed by atoms with E-state index in [0.717, 1.165) is 6.07 Å². The summed E-state index contributed by atoms with van der Waals surface area (Å²) in [4.78, 5) is 11.2. The van der Waals surface area contributed by atoms with Crippen molar-refractivity contribution in [2.24, 2.45) is 0 Å². The molecule has 0 heterocycles. The van der Waals surface area contributed by atoms with Crippen LogP contribution in [0, 0.1) is 11.6 Å². The number of aliphatic hydroxyl groups is 1. The summed E-state index contributed by atoms with van der Waals surface area (Å²) in [6.07, 6.45) is -1.12. The van der Waals surface area contributed by atoms with Gasteiger partial charge in [-0.15, -0.1) is 0 Å². The van der Waals surface area contributed by atoms with Crippen molar-refractivity contribution in [3.63, 3.8) is 0 Å². The molecule has 1 rings (SSSR count). The Morgan fingerprint density at radius 1 is 1.47 bits per heavy atom. The summed E-state index contributed by atoms with van der Waals surface area (Å²) >= 11 is 0. The van der Waals surface area contributed by atoms with Crippen LogP contribution in [0.4, 0.5) is 8.78 Å². The lowest BCUT2D eigenvalue weighted by Gasteiger charge is -2.11. The SMILES string of the molecule is CCCOC(=O)CC(O)c1cccc(F)c1F. The van der Waals surface area contributed by atoms with Crippen molar-refractivity contribution in [3.05, 3.63) is 35.4 Å². The van der Waals surface area contributed by atoms with Gasteiger partial charge in [-0.25, -0.2) is 8.78 Å². The molecular formula is C12H14F2O3. The molecule has 0 spiro atoms. The first-order valence-electron chi connectivity index (χ1n) is 5.33. The van der Waals surface area contributed by atoms with Crippen LogP contribution in [0.25, 0.3) is 0 Å². The van der Waals surface area contributed by atoms with Gasteiger partial charge in [0, 0.05) is 5.56 Å². The average Bonchev–Trinajstić information content (AvgIpc) is 2.29. The van der Waals surface area contributed by atoms with E-state index in [1.165, 1.54) is 12.1 Å². The largest absolute Gasteiger partial charge is 0.466 e. The number of benzene rings is 1. The third kappa shape index (κ3) is 3.78. The van der Waals surface area contributed by atoms with Crippen molar-refractivity contribution < 1.29 is 23.4 Å². The Kier molecular flexibility index (Phi) is 5.03. The lowest BCUT2D eigenvalue weighted by molar-refractivity contribution is -0.146. The minimum Gasteiger partial charge on any atom is -0.466 e. The number of ether oxygens (including phenoxy) is 1. The molecule has 0 amide bonds. The zero-order valence-electron chi connectivity index (χ0n) is 9.45. The van der Waals surface area contributed by atoms with Crippen LogP contribution < -0.4 is 0 Å². The number of aliphatic hydroxyl groups excluding tert-OH is 1. The zero-order chi connectivity index (χ0) is 12.8. The standard InChI is InChI=1S/C12H14F2O3/c1-2-6-17-11(16)7-10(15)8-4-3-5-9(13)12(8)14/h3-5,10,15H,2,6-7H2,1H3. The van der Waals surface area contributed by atoms with Gasteiger partial charge in [0.05, 0.1) is 19.1 Å². The number of hydrogen-bond donors (Lipinski definition) is 1. The minimum atomic E-state index is -1.39. The highest BCUT2D eigenvalue weighted by Crippen LogP contribution is 2.22. The van der Waals surface area contributed by atoms with Crippen LogP contribution in [0.3, 0.4) is 0 Å². The maximum Gasteiger partial charge on any atom is 0.308 e. The topological polar surface area (TPSA) is 46.5 Å². The second-order valence-corrected chi connectivity index (χ2v) is 3.58. The van der Waals surface area contributed by atoms with Crippen molar-refractivity contribution in [2.75, 3.05) is 6.61 Å². The summed E-state index contributed by atoms with van der Waals surface area (Å²) in [5, 5.41) is 9.59. The Morgan fingerprint density at radius 2 is 2.18 bits per heavy atom. The molecule has 0 fully saturated rings. The number of hydrogen-bond acceptors (Lipinski definition) is 3. The number of esters is 1. The normalized spacial score (nSPS) is 12.2. The van der Waals surface area contributed by atoms with Crippen molar-refractivity contribution in [1.29, 1.82) is 0 Å². The molecule has 94 valence electrons. The maximum atomic E-state index is 13.3. The van der Waals surface area contributed by atoms with Gasteiger partial charge in [0.15, 0.2) is 11.6 Å². The molecule has 0 aliphatic rings.